The molecule has 388 valence electrons. The third-order valence-electron chi connectivity index (χ3n) is 12.3. The quantitative estimate of drug-likeness (QED) is 0.0205. The molecule has 10 heteroatoms. The number of carbonyl (C=O) groups excluding carboxylic acids is 2. The second-order valence-electron chi connectivity index (χ2n) is 20.1. The molecule has 3 atom stereocenters. The van der Waals surface area contributed by atoms with E-state index in [9.17, 15) is 19.0 Å². The smallest absolute Gasteiger partial charge is 0.456 e. The van der Waals surface area contributed by atoms with Crippen molar-refractivity contribution >= 4 is 19.7 Å². The molecule has 0 saturated carbocycles. The van der Waals surface area contributed by atoms with E-state index in [0.29, 0.717) is 17.4 Å². The molecule has 1 amide bonds. The highest BCUT2D eigenvalue weighted by atomic mass is 31.2. The summed E-state index contributed by atoms with van der Waals surface area (Å²) in [5.41, 5.74) is 0. The number of phosphoric acid groups is 1. The van der Waals surface area contributed by atoms with Crippen LogP contribution in [0.25, 0.3) is 0 Å². The summed E-state index contributed by atoms with van der Waals surface area (Å²) in [5.74, 6) is -0.575. The molecule has 2 N–H and O–H groups in total. The van der Waals surface area contributed by atoms with Gasteiger partial charge >= 0.3 is 13.8 Å². The van der Waals surface area contributed by atoms with Crippen LogP contribution in [0, 0.1) is 0 Å². The fraction of sp³-hybridized carbons (Fsp3) is 0.857. The number of hydrogen-bond acceptors (Lipinski definition) is 6. The molecule has 0 aliphatic rings. The number of nitrogens with one attached hydrogen (secondary N) is 1. The number of hydrogen-bond donors (Lipinski definition) is 2. The Hall–Kier alpha value is -1.77. The Balaban J connectivity index is 5.46. The largest absolute Gasteiger partial charge is 0.472 e. The van der Waals surface area contributed by atoms with Crippen molar-refractivity contribution in [3.05, 3.63) is 36.5 Å². The van der Waals surface area contributed by atoms with Crippen LogP contribution in [0.1, 0.15) is 258 Å². The van der Waals surface area contributed by atoms with Gasteiger partial charge in [-0.05, 0) is 51.0 Å². The summed E-state index contributed by atoms with van der Waals surface area (Å²) in [6.45, 7) is 6.97. The highest BCUT2D eigenvalue weighted by Gasteiger charge is 2.30. The number of carbonyl (C=O) groups is 2. The Morgan fingerprint density at radius 3 is 1.39 bits per heavy atom. The van der Waals surface area contributed by atoms with Gasteiger partial charge in [-0.25, -0.2) is 4.57 Å². The van der Waals surface area contributed by atoms with Crippen molar-refractivity contribution in [2.24, 2.45) is 0 Å². The van der Waals surface area contributed by atoms with Gasteiger partial charge in [0, 0.05) is 12.8 Å². The van der Waals surface area contributed by atoms with Crippen molar-refractivity contribution in [1.29, 1.82) is 0 Å². The van der Waals surface area contributed by atoms with Crippen LogP contribution >= 0.6 is 7.82 Å². The summed E-state index contributed by atoms with van der Waals surface area (Å²) >= 11 is 0. The number of ether oxygens (including phenoxy) is 1. The summed E-state index contributed by atoms with van der Waals surface area (Å²) in [6.07, 6.45) is 54.3. The second kappa shape index (κ2) is 46.9. The van der Waals surface area contributed by atoms with E-state index in [1.165, 1.54) is 167 Å². The molecule has 9 nitrogen and oxygen atoms in total. The summed E-state index contributed by atoms with van der Waals surface area (Å²) in [4.78, 5) is 37.4. The van der Waals surface area contributed by atoms with Crippen molar-refractivity contribution in [2.45, 2.75) is 270 Å². The average molecular weight is 952 g/mol. The lowest BCUT2D eigenvalue weighted by Crippen LogP contribution is -2.47. The monoisotopic (exact) mass is 952 g/mol. The first-order valence-electron chi connectivity index (χ1n) is 27.8. The van der Waals surface area contributed by atoms with Gasteiger partial charge < -0.3 is 19.4 Å². The maximum absolute atomic E-state index is 13.4. The van der Waals surface area contributed by atoms with E-state index in [0.717, 1.165) is 51.4 Å². The number of quaternary nitrogens is 1. The molecular formula is C56H108N2O7P+. The number of nitrogens with zero attached hydrogens (tertiary/aromatic N) is 1. The summed E-state index contributed by atoms with van der Waals surface area (Å²) in [6, 6.07) is -0.872. The van der Waals surface area contributed by atoms with E-state index in [4.69, 9.17) is 13.8 Å². The molecule has 0 bridgehead atoms. The molecular weight excluding hydrogens is 844 g/mol. The van der Waals surface area contributed by atoms with E-state index in [1.54, 1.807) is 0 Å². The minimum atomic E-state index is -4.45. The Kier molecular flexibility index (Phi) is 45.7. The number of esters is 1. The second-order valence-corrected chi connectivity index (χ2v) is 21.6. The first-order valence-corrected chi connectivity index (χ1v) is 29.3. The summed E-state index contributed by atoms with van der Waals surface area (Å²) in [5, 5.41) is 3.00. The molecule has 0 saturated heterocycles. The van der Waals surface area contributed by atoms with Crippen molar-refractivity contribution in [3.8, 4) is 0 Å². The van der Waals surface area contributed by atoms with E-state index in [1.807, 2.05) is 39.4 Å². The van der Waals surface area contributed by atoms with Crippen LogP contribution in [0.3, 0.4) is 0 Å². The Morgan fingerprint density at radius 1 is 0.530 bits per heavy atom. The fourth-order valence-electron chi connectivity index (χ4n) is 7.99. The van der Waals surface area contributed by atoms with Crippen LogP contribution in [0.15, 0.2) is 36.5 Å². The molecule has 0 rings (SSSR count). The van der Waals surface area contributed by atoms with Gasteiger partial charge in [-0.1, -0.05) is 231 Å². The van der Waals surface area contributed by atoms with Crippen LogP contribution in [0.5, 0.6) is 0 Å². The van der Waals surface area contributed by atoms with Crippen LogP contribution < -0.4 is 5.32 Å². The van der Waals surface area contributed by atoms with Crippen LogP contribution in [0.4, 0.5) is 0 Å². The standard InChI is InChI=1S/C56H107N2O7P/c1-7-10-13-16-19-22-25-28-31-34-37-40-43-46-49-56(60)65-54(47-44-41-38-35-32-29-26-23-20-17-14-11-8-2)53(52-64-66(61,62)63-51-50-58(4,5)6)57-55(59)48-45-42-39-36-33-30-27-24-21-18-15-12-9-3/h30,33,39,42,44,47,53-54H,7-29,31-32,34-38,40-41,43,45-46,48-52H2,1-6H3,(H-,57,59,61,62)/p+1/b33-30-,42-39+,47-44+. The molecule has 3 unspecified atom stereocenters. The van der Waals surface area contributed by atoms with E-state index in [2.05, 4.69) is 44.3 Å². The molecule has 0 spiro atoms. The van der Waals surface area contributed by atoms with Crippen molar-refractivity contribution in [3.63, 3.8) is 0 Å². The fourth-order valence-corrected chi connectivity index (χ4v) is 8.73. The lowest BCUT2D eigenvalue weighted by atomic mass is 10.0. The zero-order chi connectivity index (χ0) is 48.7. The summed E-state index contributed by atoms with van der Waals surface area (Å²) < 4.78 is 30.5. The van der Waals surface area contributed by atoms with Gasteiger partial charge in [0.05, 0.1) is 33.8 Å². The zero-order valence-electron chi connectivity index (χ0n) is 44.2. The van der Waals surface area contributed by atoms with Crippen LogP contribution in [0.2, 0.25) is 0 Å². The SMILES string of the molecule is CCCCCCCC/C=C\C/C=C/CCC(=O)NC(COP(=O)(O)OCC[N+](C)(C)C)C(/C=C/CCCCCCCCCCCCC)OC(=O)CCCCCCCCCCCCCCCC. The lowest BCUT2D eigenvalue weighted by Gasteiger charge is -2.27. The van der Waals surface area contributed by atoms with Gasteiger partial charge in [-0.2, -0.15) is 0 Å². The van der Waals surface area contributed by atoms with Crippen molar-refractivity contribution in [1.82, 2.24) is 5.32 Å². The first-order chi connectivity index (χ1) is 31.9. The molecule has 0 aromatic carbocycles. The number of allylic oxidation sites excluding steroid dienone is 5. The topological polar surface area (TPSA) is 111 Å². The van der Waals surface area contributed by atoms with Gasteiger partial charge in [0.1, 0.15) is 19.3 Å². The molecule has 0 heterocycles. The number of likely N-dealkylation sites (N-methyl/N-ethyl adjacent to an activating group) is 1. The van der Waals surface area contributed by atoms with Crippen molar-refractivity contribution < 1.29 is 37.3 Å². The number of phosphoric ester groups is 1. The third-order valence-corrected chi connectivity index (χ3v) is 13.3. The highest BCUT2D eigenvalue weighted by molar-refractivity contribution is 7.47. The van der Waals surface area contributed by atoms with Crippen molar-refractivity contribution in [2.75, 3.05) is 40.9 Å². The average Bonchev–Trinajstić information content (AvgIpc) is 3.27. The van der Waals surface area contributed by atoms with Gasteiger partial charge in [0.2, 0.25) is 5.91 Å². The molecule has 0 aromatic heterocycles. The molecule has 0 radical (unpaired) electrons. The van der Waals surface area contributed by atoms with Gasteiger partial charge in [0.25, 0.3) is 0 Å². The molecule has 0 fully saturated rings. The minimum Gasteiger partial charge on any atom is -0.456 e. The van der Waals surface area contributed by atoms with Gasteiger partial charge in [0.15, 0.2) is 0 Å². The Bertz CT molecular complexity index is 1230. The minimum absolute atomic E-state index is 0.0331. The Labute approximate surface area is 408 Å². The number of rotatable bonds is 50. The highest BCUT2D eigenvalue weighted by Crippen LogP contribution is 2.43. The third kappa shape index (κ3) is 47.3. The molecule has 0 aromatic rings. The number of amides is 1. The van der Waals surface area contributed by atoms with Crippen LogP contribution in [-0.2, 0) is 27.9 Å². The molecule has 0 aliphatic carbocycles. The zero-order valence-corrected chi connectivity index (χ0v) is 45.1. The predicted molar refractivity (Wildman–Crippen MR) is 282 cm³/mol. The summed E-state index contributed by atoms with van der Waals surface area (Å²) in [7, 11) is 1.47. The van der Waals surface area contributed by atoms with E-state index >= 15 is 0 Å². The van der Waals surface area contributed by atoms with Gasteiger partial charge in [-0.15, -0.1) is 0 Å². The Morgan fingerprint density at radius 2 is 0.939 bits per heavy atom. The van der Waals surface area contributed by atoms with Crippen LogP contribution in [-0.4, -0.2) is 74.3 Å². The molecule has 66 heavy (non-hydrogen) atoms. The van der Waals surface area contributed by atoms with E-state index < -0.39 is 20.0 Å². The maximum atomic E-state index is 13.4. The predicted octanol–water partition coefficient (Wildman–Crippen LogP) is 16.4. The lowest BCUT2D eigenvalue weighted by molar-refractivity contribution is -0.870. The van der Waals surface area contributed by atoms with E-state index in [-0.39, 0.29) is 37.9 Å². The number of unbranched alkanes of at least 4 members (excludes halogenated alkanes) is 30. The maximum Gasteiger partial charge on any atom is 0.472 e. The molecule has 0 aliphatic heterocycles. The normalized spacial score (nSPS) is 14.1. The first kappa shape index (κ1) is 64.2. The van der Waals surface area contributed by atoms with Gasteiger partial charge in [-0.3, -0.25) is 18.6 Å².